The number of amides is 1. The number of aromatic hydroxyl groups is 1. The van der Waals surface area contributed by atoms with Gasteiger partial charge in [-0.3, -0.25) is 9.48 Å². The number of hydrogen-bond acceptors (Lipinski definition) is 5. The van der Waals surface area contributed by atoms with Crippen molar-refractivity contribution >= 4 is 11.7 Å². The average molecular weight is 313 g/mol. The van der Waals surface area contributed by atoms with E-state index in [0.29, 0.717) is 19.4 Å². The van der Waals surface area contributed by atoms with E-state index in [2.05, 4.69) is 21.5 Å². The third-order valence-electron chi connectivity index (χ3n) is 3.61. The normalized spacial score (nSPS) is 10.3. The minimum absolute atomic E-state index is 0.0578. The van der Waals surface area contributed by atoms with Gasteiger partial charge in [-0.05, 0) is 38.0 Å². The summed E-state index contributed by atoms with van der Waals surface area (Å²) in [6, 6.07) is 5.16. The molecule has 120 valence electrons. The maximum absolute atomic E-state index is 12.0. The van der Waals surface area contributed by atoms with Gasteiger partial charge in [0.25, 0.3) is 0 Å². The molecule has 0 aliphatic rings. The van der Waals surface area contributed by atoms with Crippen LogP contribution >= 0.6 is 0 Å². The van der Waals surface area contributed by atoms with Crippen LogP contribution in [0.4, 0.5) is 5.82 Å². The highest BCUT2D eigenvalue weighted by Crippen LogP contribution is 2.19. The third-order valence-corrected chi connectivity index (χ3v) is 3.61. The largest absolute Gasteiger partial charge is 0.504 e. The fraction of sp³-hybridized carbons (Fsp3) is 0.375. The van der Waals surface area contributed by atoms with E-state index in [9.17, 15) is 9.90 Å². The van der Waals surface area contributed by atoms with Gasteiger partial charge >= 0.3 is 0 Å². The number of hydrogen-bond donors (Lipinski definition) is 2. The molecule has 7 nitrogen and oxygen atoms in total. The van der Waals surface area contributed by atoms with Gasteiger partial charge in [-0.25, -0.2) is 4.98 Å². The highest BCUT2D eigenvalue weighted by molar-refractivity contribution is 5.91. The molecule has 2 aromatic rings. The van der Waals surface area contributed by atoms with Crippen LogP contribution in [0.3, 0.4) is 0 Å². The summed E-state index contributed by atoms with van der Waals surface area (Å²) in [6.45, 7) is 4.39. The Bertz CT molecular complexity index is 745. The number of pyridine rings is 1. The van der Waals surface area contributed by atoms with Crippen LogP contribution in [0.2, 0.25) is 0 Å². The van der Waals surface area contributed by atoms with Crippen LogP contribution in [0, 0.1) is 25.2 Å². The zero-order valence-electron chi connectivity index (χ0n) is 13.2. The highest BCUT2D eigenvalue weighted by Gasteiger charge is 2.14. The minimum atomic E-state index is -0.220. The van der Waals surface area contributed by atoms with E-state index >= 15 is 0 Å². The molecule has 0 unspecified atom stereocenters. The molecular weight excluding hydrogens is 294 g/mol. The fourth-order valence-corrected chi connectivity index (χ4v) is 2.40. The van der Waals surface area contributed by atoms with Gasteiger partial charge in [-0.2, -0.15) is 10.4 Å². The van der Waals surface area contributed by atoms with Crippen molar-refractivity contribution in [2.75, 3.05) is 5.32 Å². The van der Waals surface area contributed by atoms with E-state index in [1.165, 1.54) is 12.3 Å². The Labute approximate surface area is 134 Å². The summed E-state index contributed by atoms with van der Waals surface area (Å²) < 4.78 is 1.80. The first-order valence-corrected chi connectivity index (χ1v) is 7.36. The lowest BCUT2D eigenvalue weighted by Crippen LogP contribution is -2.13. The van der Waals surface area contributed by atoms with Crippen molar-refractivity contribution in [3.63, 3.8) is 0 Å². The summed E-state index contributed by atoms with van der Waals surface area (Å²) >= 11 is 0. The quantitative estimate of drug-likeness (QED) is 0.849. The summed E-state index contributed by atoms with van der Waals surface area (Å²) in [5.41, 5.74) is 2.86. The summed E-state index contributed by atoms with van der Waals surface area (Å²) in [5.74, 6) is -0.115. The molecule has 0 bridgehead atoms. The van der Waals surface area contributed by atoms with Crippen LogP contribution in [0.25, 0.3) is 0 Å². The van der Waals surface area contributed by atoms with Crippen LogP contribution in [0.5, 0.6) is 5.75 Å². The van der Waals surface area contributed by atoms with Crippen LogP contribution in [-0.4, -0.2) is 25.8 Å². The molecule has 2 heterocycles. The molecule has 2 N–H and O–H groups in total. The van der Waals surface area contributed by atoms with Crippen molar-refractivity contribution in [3.8, 4) is 11.8 Å². The predicted molar refractivity (Wildman–Crippen MR) is 84.8 cm³/mol. The Morgan fingerprint density at radius 1 is 1.48 bits per heavy atom. The molecule has 0 aliphatic carbocycles. The standard InChI is InChI=1S/C16H19N5O2/c1-11-13(12(2)21(20-11)10-4-8-17)6-7-15(23)19-16-14(22)5-3-9-18-16/h3,5,9,22H,4,6-7,10H2,1-2H3,(H,18,19,23). The highest BCUT2D eigenvalue weighted by atomic mass is 16.3. The van der Waals surface area contributed by atoms with Crippen molar-refractivity contribution in [3.05, 3.63) is 35.3 Å². The van der Waals surface area contributed by atoms with Crippen LogP contribution < -0.4 is 5.32 Å². The second kappa shape index (κ2) is 7.40. The second-order valence-electron chi connectivity index (χ2n) is 5.20. The molecule has 23 heavy (non-hydrogen) atoms. The van der Waals surface area contributed by atoms with Gasteiger partial charge in [0.2, 0.25) is 5.91 Å². The monoisotopic (exact) mass is 313 g/mol. The number of nitrogens with zero attached hydrogens (tertiary/aromatic N) is 4. The van der Waals surface area contributed by atoms with Gasteiger partial charge in [-0.15, -0.1) is 0 Å². The molecule has 0 spiro atoms. The molecule has 0 atom stereocenters. The van der Waals surface area contributed by atoms with Gasteiger partial charge in [0.1, 0.15) is 0 Å². The van der Waals surface area contributed by atoms with Crippen LogP contribution in [-0.2, 0) is 17.8 Å². The van der Waals surface area contributed by atoms with Gasteiger partial charge < -0.3 is 10.4 Å². The van der Waals surface area contributed by atoms with Gasteiger partial charge in [-0.1, -0.05) is 0 Å². The number of carbonyl (C=O) groups is 1. The minimum Gasteiger partial charge on any atom is -0.504 e. The number of rotatable bonds is 6. The van der Waals surface area contributed by atoms with Crippen molar-refractivity contribution in [2.24, 2.45) is 0 Å². The predicted octanol–water partition coefficient (Wildman–Crippen LogP) is 2.09. The number of anilines is 1. The molecule has 0 saturated heterocycles. The number of nitrogens with one attached hydrogen (secondary N) is 1. The maximum atomic E-state index is 12.0. The van der Waals surface area contributed by atoms with Crippen molar-refractivity contribution < 1.29 is 9.90 Å². The molecule has 0 saturated carbocycles. The zero-order chi connectivity index (χ0) is 16.8. The van der Waals surface area contributed by atoms with E-state index in [0.717, 1.165) is 17.0 Å². The van der Waals surface area contributed by atoms with E-state index < -0.39 is 0 Å². The third kappa shape index (κ3) is 4.07. The molecule has 0 aliphatic heterocycles. The van der Waals surface area contributed by atoms with Gasteiger partial charge in [0.05, 0.1) is 24.7 Å². The second-order valence-corrected chi connectivity index (χ2v) is 5.20. The topological polar surface area (TPSA) is 104 Å². The van der Waals surface area contributed by atoms with Crippen molar-refractivity contribution in [1.29, 1.82) is 5.26 Å². The zero-order valence-corrected chi connectivity index (χ0v) is 13.2. The number of aromatic nitrogens is 3. The Morgan fingerprint density at radius 3 is 2.96 bits per heavy atom. The first-order valence-electron chi connectivity index (χ1n) is 7.36. The molecule has 2 rings (SSSR count). The number of nitriles is 1. The Balaban J connectivity index is 1.98. The van der Waals surface area contributed by atoms with E-state index in [4.69, 9.17) is 5.26 Å². The van der Waals surface area contributed by atoms with Crippen molar-refractivity contribution in [1.82, 2.24) is 14.8 Å². The number of aryl methyl sites for hydroxylation is 2. The van der Waals surface area contributed by atoms with Gasteiger partial charge in [0, 0.05) is 18.3 Å². The molecule has 0 radical (unpaired) electrons. The lowest BCUT2D eigenvalue weighted by molar-refractivity contribution is -0.116. The molecule has 7 heteroatoms. The summed E-state index contributed by atoms with van der Waals surface area (Å²) in [7, 11) is 0. The lowest BCUT2D eigenvalue weighted by atomic mass is 10.1. The smallest absolute Gasteiger partial charge is 0.225 e. The van der Waals surface area contributed by atoms with Crippen LogP contribution in [0.1, 0.15) is 29.8 Å². The molecule has 0 fully saturated rings. The lowest BCUT2D eigenvalue weighted by Gasteiger charge is -2.06. The number of carbonyl (C=O) groups excluding carboxylic acids is 1. The van der Waals surface area contributed by atoms with Crippen LogP contribution in [0.15, 0.2) is 18.3 Å². The summed E-state index contributed by atoms with van der Waals surface area (Å²) in [5, 5.41) is 25.3. The molecule has 2 aromatic heterocycles. The Kier molecular flexibility index (Phi) is 5.31. The van der Waals surface area contributed by atoms with E-state index in [1.807, 2.05) is 13.8 Å². The molecule has 0 aromatic carbocycles. The SMILES string of the molecule is Cc1nn(CCC#N)c(C)c1CCC(=O)Nc1ncccc1O. The Hall–Kier alpha value is -2.88. The first-order chi connectivity index (χ1) is 11.0. The molecule has 1 amide bonds. The molecular formula is C16H19N5O2. The Morgan fingerprint density at radius 2 is 2.26 bits per heavy atom. The summed E-state index contributed by atoms with van der Waals surface area (Å²) in [4.78, 5) is 15.9. The van der Waals surface area contributed by atoms with E-state index in [-0.39, 0.29) is 23.9 Å². The maximum Gasteiger partial charge on any atom is 0.225 e. The van der Waals surface area contributed by atoms with Gasteiger partial charge in [0.15, 0.2) is 11.6 Å². The van der Waals surface area contributed by atoms with Crippen molar-refractivity contribution in [2.45, 2.75) is 39.7 Å². The van der Waals surface area contributed by atoms with E-state index in [1.54, 1.807) is 10.7 Å². The summed E-state index contributed by atoms with van der Waals surface area (Å²) in [6.07, 6.45) is 2.72. The first kappa shape index (κ1) is 16.5. The average Bonchev–Trinajstić information content (AvgIpc) is 2.79. The fourth-order valence-electron chi connectivity index (χ4n) is 2.40.